The lowest BCUT2D eigenvalue weighted by Gasteiger charge is -2.07. The van der Waals surface area contributed by atoms with Gasteiger partial charge < -0.3 is 14.6 Å². The first-order valence-corrected chi connectivity index (χ1v) is 5.91. The van der Waals surface area contributed by atoms with E-state index >= 15 is 0 Å². The van der Waals surface area contributed by atoms with Gasteiger partial charge in [0.2, 0.25) is 0 Å². The number of aromatic hydroxyl groups is 1. The summed E-state index contributed by atoms with van der Waals surface area (Å²) in [4.78, 5) is 0. The maximum absolute atomic E-state index is 9.31. The highest BCUT2D eigenvalue weighted by molar-refractivity contribution is 5.32. The van der Waals surface area contributed by atoms with Gasteiger partial charge in [0.1, 0.15) is 23.9 Å². The molecule has 0 saturated carbocycles. The van der Waals surface area contributed by atoms with Crippen molar-refractivity contribution in [3.63, 3.8) is 0 Å². The molecule has 0 fully saturated rings. The largest absolute Gasteiger partial charge is 0.508 e. The zero-order valence-corrected chi connectivity index (χ0v) is 10.3. The molecule has 0 radical (unpaired) electrons. The fourth-order valence-electron chi connectivity index (χ4n) is 1.59. The van der Waals surface area contributed by atoms with Gasteiger partial charge in [-0.05, 0) is 36.8 Å². The molecule has 0 heterocycles. The van der Waals surface area contributed by atoms with E-state index in [1.807, 2.05) is 37.3 Å². The molecule has 2 aromatic rings. The molecular weight excluding hydrogens is 228 g/mol. The van der Waals surface area contributed by atoms with Crippen LogP contribution in [-0.4, -0.2) is 11.7 Å². The van der Waals surface area contributed by atoms with E-state index in [4.69, 9.17) is 9.47 Å². The molecule has 1 N–H and O–H groups in total. The number of benzene rings is 2. The molecule has 0 aliphatic heterocycles. The maximum atomic E-state index is 9.31. The van der Waals surface area contributed by atoms with E-state index < -0.39 is 0 Å². The fraction of sp³-hybridized carbons (Fsp3) is 0.200. The van der Waals surface area contributed by atoms with E-state index in [2.05, 4.69) is 0 Å². The lowest BCUT2D eigenvalue weighted by atomic mass is 10.2. The average Bonchev–Trinajstić information content (AvgIpc) is 2.38. The number of hydrogen-bond donors (Lipinski definition) is 1. The summed E-state index contributed by atoms with van der Waals surface area (Å²) < 4.78 is 10.9. The quantitative estimate of drug-likeness (QED) is 0.876. The summed E-state index contributed by atoms with van der Waals surface area (Å²) >= 11 is 0. The van der Waals surface area contributed by atoms with Crippen molar-refractivity contribution in [2.45, 2.75) is 13.5 Å². The second-order valence-electron chi connectivity index (χ2n) is 3.86. The second kappa shape index (κ2) is 5.96. The number of rotatable bonds is 5. The molecule has 0 amide bonds. The van der Waals surface area contributed by atoms with Gasteiger partial charge in [-0.15, -0.1) is 0 Å². The van der Waals surface area contributed by atoms with Gasteiger partial charge in [-0.2, -0.15) is 0 Å². The Morgan fingerprint density at radius 3 is 2.39 bits per heavy atom. The predicted molar refractivity (Wildman–Crippen MR) is 70.0 cm³/mol. The fourth-order valence-corrected chi connectivity index (χ4v) is 1.59. The molecule has 18 heavy (non-hydrogen) atoms. The van der Waals surface area contributed by atoms with Crippen molar-refractivity contribution in [1.29, 1.82) is 0 Å². The number of ether oxygens (including phenoxy) is 2. The predicted octanol–water partition coefficient (Wildman–Crippen LogP) is 3.37. The van der Waals surface area contributed by atoms with Gasteiger partial charge >= 0.3 is 0 Å². The van der Waals surface area contributed by atoms with Gasteiger partial charge in [-0.3, -0.25) is 0 Å². The van der Waals surface area contributed by atoms with Crippen molar-refractivity contribution < 1.29 is 14.6 Å². The third-order valence-corrected chi connectivity index (χ3v) is 2.46. The first-order chi connectivity index (χ1) is 8.78. The minimum absolute atomic E-state index is 0.208. The molecule has 0 saturated heterocycles. The van der Waals surface area contributed by atoms with Crippen molar-refractivity contribution in [2.24, 2.45) is 0 Å². The summed E-state index contributed by atoms with van der Waals surface area (Å²) in [5, 5.41) is 9.31. The van der Waals surface area contributed by atoms with Crippen LogP contribution < -0.4 is 9.47 Å². The van der Waals surface area contributed by atoms with E-state index in [0.29, 0.717) is 19.0 Å². The van der Waals surface area contributed by atoms with Gasteiger partial charge in [-0.1, -0.05) is 18.2 Å². The number of phenolic OH excluding ortho intramolecular Hbond substituents is 1. The summed E-state index contributed by atoms with van der Waals surface area (Å²) in [6.07, 6.45) is 0. The maximum Gasteiger partial charge on any atom is 0.123 e. The molecule has 2 rings (SSSR count). The molecule has 3 nitrogen and oxygen atoms in total. The molecule has 2 aromatic carbocycles. The van der Waals surface area contributed by atoms with Crippen molar-refractivity contribution in [3.8, 4) is 17.2 Å². The summed E-state index contributed by atoms with van der Waals surface area (Å²) in [6.45, 7) is 3.09. The highest BCUT2D eigenvalue weighted by atomic mass is 16.5. The third-order valence-electron chi connectivity index (χ3n) is 2.46. The Balaban J connectivity index is 1.93. The smallest absolute Gasteiger partial charge is 0.123 e. The van der Waals surface area contributed by atoms with Crippen LogP contribution in [0, 0.1) is 0 Å². The first kappa shape index (κ1) is 12.3. The topological polar surface area (TPSA) is 38.7 Å². The first-order valence-electron chi connectivity index (χ1n) is 5.91. The SMILES string of the molecule is CCOc1ccc(COc2cccc(O)c2)cc1. The Labute approximate surface area is 107 Å². The van der Waals surface area contributed by atoms with Crippen molar-refractivity contribution in [2.75, 3.05) is 6.61 Å². The minimum Gasteiger partial charge on any atom is -0.508 e. The molecule has 0 aliphatic carbocycles. The minimum atomic E-state index is 0.208. The Kier molecular flexibility index (Phi) is 4.07. The van der Waals surface area contributed by atoms with Crippen molar-refractivity contribution in [1.82, 2.24) is 0 Å². The van der Waals surface area contributed by atoms with Crippen LogP contribution in [0.15, 0.2) is 48.5 Å². The third kappa shape index (κ3) is 3.42. The van der Waals surface area contributed by atoms with Crippen LogP contribution in [0.4, 0.5) is 0 Å². The zero-order valence-electron chi connectivity index (χ0n) is 10.3. The van der Waals surface area contributed by atoms with Gasteiger partial charge in [0.15, 0.2) is 0 Å². The van der Waals surface area contributed by atoms with Gasteiger partial charge in [0.25, 0.3) is 0 Å². The molecule has 0 atom stereocenters. The molecule has 0 bridgehead atoms. The van der Waals surface area contributed by atoms with Crippen LogP contribution >= 0.6 is 0 Å². The van der Waals surface area contributed by atoms with Crippen LogP contribution in [-0.2, 0) is 6.61 Å². The Morgan fingerprint density at radius 2 is 1.72 bits per heavy atom. The highest BCUT2D eigenvalue weighted by Crippen LogP contribution is 2.19. The summed E-state index contributed by atoms with van der Waals surface area (Å²) in [5.41, 5.74) is 1.06. The van der Waals surface area contributed by atoms with Crippen LogP contribution in [0.2, 0.25) is 0 Å². The standard InChI is InChI=1S/C15H16O3/c1-2-17-14-8-6-12(7-9-14)11-18-15-5-3-4-13(16)10-15/h3-10,16H,2,11H2,1H3. The molecule has 0 aliphatic rings. The van der Waals surface area contributed by atoms with Gasteiger partial charge in [-0.25, -0.2) is 0 Å². The van der Waals surface area contributed by atoms with Gasteiger partial charge in [0.05, 0.1) is 6.61 Å². The van der Waals surface area contributed by atoms with Crippen LogP contribution in [0.25, 0.3) is 0 Å². The molecular formula is C15H16O3. The van der Waals surface area contributed by atoms with Crippen molar-refractivity contribution in [3.05, 3.63) is 54.1 Å². The average molecular weight is 244 g/mol. The van der Waals surface area contributed by atoms with E-state index in [0.717, 1.165) is 11.3 Å². The normalized spacial score (nSPS) is 10.1. The molecule has 0 aromatic heterocycles. The second-order valence-corrected chi connectivity index (χ2v) is 3.86. The molecule has 0 spiro atoms. The molecule has 3 heteroatoms. The highest BCUT2D eigenvalue weighted by Gasteiger charge is 1.98. The van der Waals surface area contributed by atoms with Gasteiger partial charge in [0, 0.05) is 6.07 Å². The summed E-state index contributed by atoms with van der Waals surface area (Å²) in [5.74, 6) is 1.72. The lowest BCUT2D eigenvalue weighted by molar-refractivity contribution is 0.303. The Morgan fingerprint density at radius 1 is 0.944 bits per heavy atom. The van der Waals surface area contributed by atoms with E-state index in [1.54, 1.807) is 18.2 Å². The summed E-state index contributed by atoms with van der Waals surface area (Å²) in [7, 11) is 0. The number of hydrogen-bond acceptors (Lipinski definition) is 3. The van der Waals surface area contributed by atoms with Crippen LogP contribution in [0.5, 0.6) is 17.2 Å². The van der Waals surface area contributed by atoms with Crippen LogP contribution in [0.3, 0.4) is 0 Å². The van der Waals surface area contributed by atoms with E-state index in [1.165, 1.54) is 0 Å². The molecule has 0 unspecified atom stereocenters. The summed E-state index contributed by atoms with van der Waals surface area (Å²) in [6, 6.07) is 14.5. The number of phenols is 1. The Hall–Kier alpha value is -2.16. The lowest BCUT2D eigenvalue weighted by Crippen LogP contribution is -1.96. The molecule has 94 valence electrons. The van der Waals surface area contributed by atoms with E-state index in [9.17, 15) is 5.11 Å². The van der Waals surface area contributed by atoms with Crippen LogP contribution in [0.1, 0.15) is 12.5 Å². The van der Waals surface area contributed by atoms with E-state index in [-0.39, 0.29) is 5.75 Å². The monoisotopic (exact) mass is 244 g/mol. The zero-order chi connectivity index (χ0) is 12.8. The van der Waals surface area contributed by atoms with Crippen molar-refractivity contribution >= 4 is 0 Å². The Bertz CT molecular complexity index is 491.